The maximum Gasteiger partial charge on any atom is 0.303 e. The van der Waals surface area contributed by atoms with E-state index in [4.69, 9.17) is 30.5 Å². The Labute approximate surface area is 200 Å². The molecule has 1 aliphatic heterocycles. The van der Waals surface area contributed by atoms with Crippen LogP contribution in [0.3, 0.4) is 0 Å². The number of halogens is 1. The van der Waals surface area contributed by atoms with Gasteiger partial charge in [0.2, 0.25) is 0 Å². The fraction of sp³-hybridized carbons (Fsp3) is 0.391. The Morgan fingerprint density at radius 2 is 1.61 bits per heavy atom. The van der Waals surface area contributed by atoms with Gasteiger partial charge in [-0.15, -0.1) is 11.8 Å². The Morgan fingerprint density at radius 1 is 0.939 bits per heavy atom. The minimum atomic E-state index is -1.02. The maximum atomic E-state index is 11.8. The number of hydrogen-bond donors (Lipinski definition) is 0. The molecule has 1 aromatic carbocycles. The molecule has 0 bridgehead atoms. The second kappa shape index (κ2) is 10.9. The summed E-state index contributed by atoms with van der Waals surface area (Å²) in [4.78, 5) is 39.3. The molecule has 2 heterocycles. The molecule has 8 nitrogen and oxygen atoms in total. The summed E-state index contributed by atoms with van der Waals surface area (Å²) in [5.74, 6) is -1.02. The van der Waals surface area contributed by atoms with Gasteiger partial charge in [0.15, 0.2) is 23.7 Å². The van der Waals surface area contributed by atoms with Gasteiger partial charge in [-0.25, -0.2) is 0 Å². The normalized spacial score (nSPS) is 22.2. The van der Waals surface area contributed by atoms with Crippen molar-refractivity contribution in [1.29, 1.82) is 0 Å². The van der Waals surface area contributed by atoms with Gasteiger partial charge in [0, 0.05) is 43.3 Å². The number of esters is 3. The number of hydrogen-bond acceptors (Lipinski definition) is 9. The molecule has 4 atom stereocenters. The lowest BCUT2D eigenvalue weighted by atomic mass is 10.1. The molecule has 0 saturated carbocycles. The van der Waals surface area contributed by atoms with Crippen molar-refractivity contribution in [2.45, 2.75) is 51.4 Å². The standard InChI is InChI=1S/C23H24ClNO7S/c1-12-5-6-16(8-19(12)24)17-7-18(10-25-9-17)32-23-22(31-15(4)28)21(30-14(3)27)20(11-33-23)29-13(2)26/h5-10,20-23H,11H2,1-4H3/t20-,21+,22-,23-/m1/s1. The van der Waals surface area contributed by atoms with Crippen LogP contribution in [0.25, 0.3) is 11.1 Å². The molecule has 0 aliphatic carbocycles. The average molecular weight is 494 g/mol. The summed E-state index contributed by atoms with van der Waals surface area (Å²) in [6.45, 7) is 5.65. The first-order chi connectivity index (χ1) is 15.6. The highest BCUT2D eigenvalue weighted by atomic mass is 35.5. The molecule has 10 heteroatoms. The van der Waals surface area contributed by atoms with Crippen LogP contribution in [0.2, 0.25) is 5.02 Å². The number of pyridine rings is 1. The van der Waals surface area contributed by atoms with Gasteiger partial charge in [0.1, 0.15) is 5.75 Å². The predicted molar refractivity (Wildman–Crippen MR) is 123 cm³/mol. The Hall–Kier alpha value is -2.78. The first-order valence-corrected chi connectivity index (χ1v) is 11.6. The van der Waals surface area contributed by atoms with E-state index in [1.165, 1.54) is 38.7 Å². The van der Waals surface area contributed by atoms with Crippen LogP contribution in [0.5, 0.6) is 5.75 Å². The van der Waals surface area contributed by atoms with Crippen molar-refractivity contribution in [3.8, 4) is 16.9 Å². The third kappa shape index (κ3) is 6.61. The smallest absolute Gasteiger partial charge is 0.303 e. The quantitative estimate of drug-likeness (QED) is 0.437. The largest absolute Gasteiger partial charge is 0.474 e. The third-order valence-corrected chi connectivity index (χ3v) is 6.40. The summed E-state index contributed by atoms with van der Waals surface area (Å²) < 4.78 is 22.3. The fourth-order valence-corrected chi connectivity index (χ4v) is 4.75. The monoisotopic (exact) mass is 493 g/mol. The number of aryl methyl sites for hydroxylation is 1. The number of thioether (sulfide) groups is 1. The zero-order valence-electron chi connectivity index (χ0n) is 18.6. The minimum Gasteiger partial charge on any atom is -0.474 e. The lowest BCUT2D eigenvalue weighted by Crippen LogP contribution is -2.55. The van der Waals surface area contributed by atoms with E-state index in [1.54, 1.807) is 12.3 Å². The molecule has 2 aromatic rings. The first-order valence-electron chi connectivity index (χ1n) is 10.2. The first kappa shape index (κ1) is 24.9. The summed E-state index contributed by atoms with van der Waals surface area (Å²) in [5, 5.41) is 0.636. The van der Waals surface area contributed by atoms with Gasteiger partial charge in [0.25, 0.3) is 0 Å². The zero-order chi connectivity index (χ0) is 24.1. The third-order valence-electron chi connectivity index (χ3n) is 4.78. The van der Waals surface area contributed by atoms with Crippen LogP contribution < -0.4 is 4.74 Å². The van der Waals surface area contributed by atoms with Crippen LogP contribution >= 0.6 is 23.4 Å². The van der Waals surface area contributed by atoms with E-state index in [0.717, 1.165) is 16.7 Å². The van der Waals surface area contributed by atoms with E-state index in [1.807, 2.05) is 25.1 Å². The van der Waals surface area contributed by atoms with Crippen molar-refractivity contribution in [2.24, 2.45) is 0 Å². The van der Waals surface area contributed by atoms with E-state index in [0.29, 0.717) is 10.8 Å². The minimum absolute atomic E-state index is 0.278. The van der Waals surface area contributed by atoms with Crippen LogP contribution in [0.1, 0.15) is 26.3 Å². The van der Waals surface area contributed by atoms with Gasteiger partial charge in [-0.1, -0.05) is 23.7 Å². The number of nitrogens with zero attached hydrogens (tertiary/aromatic N) is 1. The van der Waals surface area contributed by atoms with E-state index in [-0.39, 0.29) is 5.75 Å². The second-order valence-electron chi connectivity index (χ2n) is 7.49. The Morgan fingerprint density at radius 3 is 2.24 bits per heavy atom. The summed E-state index contributed by atoms with van der Waals surface area (Å²) in [6, 6.07) is 7.48. The van der Waals surface area contributed by atoms with Crippen LogP contribution in [0.15, 0.2) is 36.7 Å². The van der Waals surface area contributed by atoms with Crippen LogP contribution in [-0.4, -0.2) is 52.4 Å². The van der Waals surface area contributed by atoms with Gasteiger partial charge in [0.05, 0.1) is 6.20 Å². The molecule has 0 amide bonds. The molecule has 1 aromatic heterocycles. The van der Waals surface area contributed by atoms with Gasteiger partial charge in [-0.2, -0.15) is 0 Å². The lowest BCUT2D eigenvalue weighted by molar-refractivity contribution is -0.186. The highest BCUT2D eigenvalue weighted by Crippen LogP contribution is 2.35. The second-order valence-corrected chi connectivity index (χ2v) is 9.03. The summed E-state index contributed by atoms with van der Waals surface area (Å²) in [5.41, 5.74) is 1.88. The Kier molecular flexibility index (Phi) is 8.20. The molecule has 1 aliphatic rings. The molecule has 0 N–H and O–H groups in total. The Balaban J connectivity index is 1.87. The zero-order valence-corrected chi connectivity index (χ0v) is 20.1. The molecule has 3 rings (SSSR count). The van der Waals surface area contributed by atoms with Gasteiger partial charge < -0.3 is 18.9 Å². The average Bonchev–Trinajstić information content (AvgIpc) is 2.73. The van der Waals surface area contributed by atoms with Crippen molar-refractivity contribution in [3.63, 3.8) is 0 Å². The van der Waals surface area contributed by atoms with E-state index >= 15 is 0 Å². The van der Waals surface area contributed by atoms with E-state index in [9.17, 15) is 14.4 Å². The number of rotatable bonds is 6. The van der Waals surface area contributed by atoms with Crippen molar-refractivity contribution in [2.75, 3.05) is 5.75 Å². The summed E-state index contributed by atoms with van der Waals surface area (Å²) in [6.07, 6.45) is 0.397. The van der Waals surface area contributed by atoms with Crippen LogP contribution in [0, 0.1) is 6.92 Å². The summed E-state index contributed by atoms with van der Waals surface area (Å²) >= 11 is 7.53. The van der Waals surface area contributed by atoms with Crippen molar-refractivity contribution >= 4 is 41.3 Å². The van der Waals surface area contributed by atoms with Crippen molar-refractivity contribution < 1.29 is 33.3 Å². The molecule has 0 radical (unpaired) electrons. The lowest BCUT2D eigenvalue weighted by Gasteiger charge is -2.39. The number of ether oxygens (including phenoxy) is 4. The molecular formula is C23H24ClNO7S. The Bertz CT molecular complexity index is 1050. The molecular weight excluding hydrogens is 470 g/mol. The fourth-order valence-electron chi connectivity index (χ4n) is 3.36. The molecule has 0 unspecified atom stereocenters. The van der Waals surface area contributed by atoms with Crippen molar-refractivity contribution in [3.05, 3.63) is 47.2 Å². The van der Waals surface area contributed by atoms with Crippen LogP contribution in [0.4, 0.5) is 0 Å². The highest BCUT2D eigenvalue weighted by molar-refractivity contribution is 7.99. The molecule has 176 valence electrons. The number of aromatic nitrogens is 1. The number of carbonyl (C=O) groups is 3. The highest BCUT2D eigenvalue weighted by Gasteiger charge is 2.47. The number of benzene rings is 1. The predicted octanol–water partition coefficient (Wildman–Crippen LogP) is 3.96. The SMILES string of the molecule is CC(=O)O[C@@H]1[C@@H](OC(C)=O)[C@H](OC(C)=O)CS[C@H]1Oc1cncc(-c2ccc(C)c(Cl)c2)c1. The van der Waals surface area contributed by atoms with Gasteiger partial charge in [-0.3, -0.25) is 19.4 Å². The van der Waals surface area contributed by atoms with E-state index in [2.05, 4.69) is 4.98 Å². The molecule has 0 spiro atoms. The molecule has 1 fully saturated rings. The topological polar surface area (TPSA) is 101 Å². The summed E-state index contributed by atoms with van der Waals surface area (Å²) in [7, 11) is 0. The van der Waals surface area contributed by atoms with Crippen LogP contribution in [-0.2, 0) is 28.6 Å². The number of carbonyl (C=O) groups excluding carboxylic acids is 3. The maximum absolute atomic E-state index is 11.8. The molecule has 33 heavy (non-hydrogen) atoms. The van der Waals surface area contributed by atoms with Gasteiger partial charge in [-0.05, 0) is 30.2 Å². The molecule has 1 saturated heterocycles. The van der Waals surface area contributed by atoms with E-state index < -0.39 is 41.7 Å². The van der Waals surface area contributed by atoms with Gasteiger partial charge >= 0.3 is 17.9 Å². The van der Waals surface area contributed by atoms with Crippen molar-refractivity contribution in [1.82, 2.24) is 4.98 Å².